The van der Waals surface area contributed by atoms with Gasteiger partial charge >= 0.3 is 0 Å². The average molecular weight is 222 g/mol. The molecule has 1 fully saturated rings. The molecule has 0 atom stereocenters. The highest BCUT2D eigenvalue weighted by molar-refractivity contribution is 7.10. The Morgan fingerprint density at radius 1 is 1.47 bits per heavy atom. The lowest BCUT2D eigenvalue weighted by Crippen LogP contribution is -2.16. The van der Waals surface area contributed by atoms with Gasteiger partial charge in [0.2, 0.25) is 0 Å². The molecule has 0 aliphatic heterocycles. The molecular weight excluding hydrogens is 204 g/mol. The molecule has 82 valence electrons. The van der Waals surface area contributed by atoms with Crippen molar-refractivity contribution >= 4 is 17.1 Å². The SMILES string of the molecule is Cc1cc(C(=O)CC2(C)CCCC2)cs1. The first-order valence-corrected chi connectivity index (χ1v) is 6.55. The van der Waals surface area contributed by atoms with E-state index in [1.54, 1.807) is 11.3 Å². The van der Waals surface area contributed by atoms with Crippen LogP contribution < -0.4 is 0 Å². The number of carbonyl (C=O) groups excluding carboxylic acids is 1. The summed E-state index contributed by atoms with van der Waals surface area (Å²) in [6.07, 6.45) is 5.78. The fourth-order valence-electron chi connectivity index (χ4n) is 2.48. The van der Waals surface area contributed by atoms with E-state index < -0.39 is 0 Å². The number of aryl methyl sites for hydroxylation is 1. The minimum atomic E-state index is 0.285. The Morgan fingerprint density at radius 2 is 2.13 bits per heavy atom. The van der Waals surface area contributed by atoms with E-state index in [2.05, 4.69) is 13.8 Å². The second-order valence-electron chi connectivity index (χ2n) is 5.06. The minimum absolute atomic E-state index is 0.285. The molecule has 0 bridgehead atoms. The number of thiophene rings is 1. The zero-order chi connectivity index (χ0) is 10.9. The molecule has 0 spiro atoms. The molecule has 1 heterocycles. The maximum Gasteiger partial charge on any atom is 0.164 e. The molecular formula is C13H18OS. The van der Waals surface area contributed by atoms with Gasteiger partial charge in [-0.1, -0.05) is 19.8 Å². The van der Waals surface area contributed by atoms with Crippen molar-refractivity contribution in [1.29, 1.82) is 0 Å². The third-order valence-electron chi connectivity index (χ3n) is 3.45. The van der Waals surface area contributed by atoms with Gasteiger partial charge in [0.15, 0.2) is 5.78 Å². The lowest BCUT2D eigenvalue weighted by molar-refractivity contribution is 0.0924. The van der Waals surface area contributed by atoms with Gasteiger partial charge in [-0.2, -0.15) is 0 Å². The van der Waals surface area contributed by atoms with Crippen LogP contribution in [0.15, 0.2) is 11.4 Å². The van der Waals surface area contributed by atoms with E-state index in [0.29, 0.717) is 5.78 Å². The normalized spacial score (nSPS) is 19.3. The zero-order valence-corrected chi connectivity index (χ0v) is 10.3. The van der Waals surface area contributed by atoms with Gasteiger partial charge in [0.05, 0.1) is 0 Å². The van der Waals surface area contributed by atoms with E-state index in [1.165, 1.54) is 30.6 Å². The highest BCUT2D eigenvalue weighted by atomic mass is 32.1. The van der Waals surface area contributed by atoms with Crippen molar-refractivity contribution in [3.8, 4) is 0 Å². The Kier molecular flexibility index (Phi) is 2.96. The standard InChI is InChI=1S/C13H18OS/c1-10-7-11(9-15-10)12(14)8-13(2)5-3-4-6-13/h7,9H,3-6,8H2,1-2H3. The van der Waals surface area contributed by atoms with Crippen LogP contribution in [0.1, 0.15) is 54.3 Å². The molecule has 1 aliphatic carbocycles. The third-order valence-corrected chi connectivity index (χ3v) is 4.31. The first-order chi connectivity index (χ1) is 7.09. The Bertz CT molecular complexity index is 358. The Hall–Kier alpha value is -0.630. The van der Waals surface area contributed by atoms with E-state index in [1.807, 2.05) is 11.4 Å². The van der Waals surface area contributed by atoms with Crippen LogP contribution in [-0.2, 0) is 0 Å². The summed E-state index contributed by atoms with van der Waals surface area (Å²) >= 11 is 1.67. The summed E-state index contributed by atoms with van der Waals surface area (Å²) in [5, 5.41) is 2.00. The zero-order valence-electron chi connectivity index (χ0n) is 9.51. The fourth-order valence-corrected chi connectivity index (χ4v) is 3.19. The summed E-state index contributed by atoms with van der Waals surface area (Å²) in [6.45, 7) is 4.32. The summed E-state index contributed by atoms with van der Waals surface area (Å²) in [4.78, 5) is 13.3. The molecule has 0 amide bonds. The first kappa shape index (κ1) is 10.9. The molecule has 1 nitrogen and oxygen atoms in total. The maximum absolute atomic E-state index is 12.0. The smallest absolute Gasteiger partial charge is 0.164 e. The number of ketones is 1. The van der Waals surface area contributed by atoms with Gasteiger partial charge < -0.3 is 0 Å². The number of carbonyl (C=O) groups is 1. The largest absolute Gasteiger partial charge is 0.294 e. The Labute approximate surface area is 95.5 Å². The van der Waals surface area contributed by atoms with Crippen LogP contribution in [0.2, 0.25) is 0 Å². The molecule has 1 aromatic rings. The average Bonchev–Trinajstić information content (AvgIpc) is 2.75. The van der Waals surface area contributed by atoms with Crippen LogP contribution in [0.5, 0.6) is 0 Å². The number of hydrogen-bond acceptors (Lipinski definition) is 2. The molecule has 2 heteroatoms. The topological polar surface area (TPSA) is 17.1 Å². The van der Waals surface area contributed by atoms with Gasteiger partial charge in [0, 0.05) is 22.2 Å². The third kappa shape index (κ3) is 2.49. The fraction of sp³-hybridized carbons (Fsp3) is 0.615. The van der Waals surface area contributed by atoms with Crippen molar-refractivity contribution < 1.29 is 4.79 Å². The summed E-state index contributed by atoms with van der Waals surface area (Å²) < 4.78 is 0. The lowest BCUT2D eigenvalue weighted by Gasteiger charge is -2.21. The summed E-state index contributed by atoms with van der Waals surface area (Å²) in [5.41, 5.74) is 1.21. The second-order valence-corrected chi connectivity index (χ2v) is 6.18. The highest BCUT2D eigenvalue weighted by Crippen LogP contribution is 2.41. The Morgan fingerprint density at radius 3 is 2.67 bits per heavy atom. The van der Waals surface area contributed by atoms with E-state index in [0.717, 1.165) is 12.0 Å². The summed E-state index contributed by atoms with van der Waals surface area (Å²) in [7, 11) is 0. The Balaban J connectivity index is 2.03. The van der Waals surface area contributed by atoms with Crippen LogP contribution in [0.4, 0.5) is 0 Å². The predicted octanol–water partition coefficient (Wildman–Crippen LogP) is 4.21. The van der Waals surface area contributed by atoms with E-state index in [9.17, 15) is 4.79 Å². The molecule has 15 heavy (non-hydrogen) atoms. The van der Waals surface area contributed by atoms with Crippen molar-refractivity contribution in [3.63, 3.8) is 0 Å². The molecule has 0 aromatic carbocycles. The maximum atomic E-state index is 12.0. The van der Waals surface area contributed by atoms with Gasteiger partial charge in [-0.3, -0.25) is 4.79 Å². The van der Waals surface area contributed by atoms with Gasteiger partial charge in [-0.15, -0.1) is 11.3 Å². The van der Waals surface area contributed by atoms with Gasteiger partial charge in [0.1, 0.15) is 0 Å². The van der Waals surface area contributed by atoms with Crippen LogP contribution in [-0.4, -0.2) is 5.78 Å². The molecule has 2 rings (SSSR count). The van der Waals surface area contributed by atoms with Crippen molar-refractivity contribution in [1.82, 2.24) is 0 Å². The van der Waals surface area contributed by atoms with Gasteiger partial charge in [0.25, 0.3) is 0 Å². The van der Waals surface area contributed by atoms with E-state index in [-0.39, 0.29) is 5.41 Å². The molecule has 1 aromatic heterocycles. The number of Topliss-reactive ketones (excluding diaryl/α,β-unsaturated/α-hetero) is 1. The summed E-state index contributed by atoms with van der Waals surface area (Å²) in [6, 6.07) is 2.02. The van der Waals surface area contributed by atoms with Crippen LogP contribution in [0.25, 0.3) is 0 Å². The van der Waals surface area contributed by atoms with E-state index >= 15 is 0 Å². The monoisotopic (exact) mass is 222 g/mol. The van der Waals surface area contributed by atoms with Crippen molar-refractivity contribution in [2.45, 2.75) is 46.0 Å². The highest BCUT2D eigenvalue weighted by Gasteiger charge is 2.31. The first-order valence-electron chi connectivity index (χ1n) is 5.67. The molecule has 0 unspecified atom stereocenters. The molecule has 1 aliphatic rings. The quantitative estimate of drug-likeness (QED) is 0.700. The molecule has 0 saturated heterocycles. The van der Waals surface area contributed by atoms with Crippen LogP contribution >= 0.6 is 11.3 Å². The summed E-state index contributed by atoms with van der Waals surface area (Å²) in [5.74, 6) is 0.337. The van der Waals surface area contributed by atoms with Gasteiger partial charge in [-0.25, -0.2) is 0 Å². The second kappa shape index (κ2) is 4.09. The lowest BCUT2D eigenvalue weighted by atomic mass is 9.82. The van der Waals surface area contributed by atoms with Crippen molar-refractivity contribution in [3.05, 3.63) is 21.9 Å². The molecule has 1 saturated carbocycles. The molecule has 0 radical (unpaired) electrons. The number of rotatable bonds is 3. The van der Waals surface area contributed by atoms with Crippen molar-refractivity contribution in [2.24, 2.45) is 5.41 Å². The minimum Gasteiger partial charge on any atom is -0.294 e. The molecule has 0 N–H and O–H groups in total. The van der Waals surface area contributed by atoms with Crippen LogP contribution in [0.3, 0.4) is 0 Å². The number of hydrogen-bond donors (Lipinski definition) is 0. The predicted molar refractivity (Wildman–Crippen MR) is 64.6 cm³/mol. The van der Waals surface area contributed by atoms with Crippen LogP contribution in [0, 0.1) is 12.3 Å². The van der Waals surface area contributed by atoms with Crippen molar-refractivity contribution in [2.75, 3.05) is 0 Å². The van der Waals surface area contributed by atoms with E-state index in [4.69, 9.17) is 0 Å². The van der Waals surface area contributed by atoms with Gasteiger partial charge in [-0.05, 0) is 31.2 Å².